The van der Waals surface area contributed by atoms with Crippen molar-refractivity contribution in [1.29, 1.82) is 0 Å². The Morgan fingerprint density at radius 1 is 1.12 bits per heavy atom. The summed E-state index contributed by atoms with van der Waals surface area (Å²) in [5.74, 6) is 0.334. The summed E-state index contributed by atoms with van der Waals surface area (Å²) >= 11 is 0. The number of halogens is 1. The number of aryl methyl sites for hydroxylation is 1. The highest BCUT2D eigenvalue weighted by atomic mass is 35.5. The van der Waals surface area contributed by atoms with Gasteiger partial charge >= 0.3 is 0 Å². The van der Waals surface area contributed by atoms with Crippen LogP contribution in [0.5, 0.6) is 0 Å². The van der Waals surface area contributed by atoms with Crippen LogP contribution in [0.4, 0.5) is 0 Å². The fraction of sp³-hybridized carbons (Fsp3) is 0.632. The van der Waals surface area contributed by atoms with Gasteiger partial charge in [-0.1, -0.05) is 30.3 Å². The molecule has 24 heavy (non-hydrogen) atoms. The van der Waals surface area contributed by atoms with Crippen molar-refractivity contribution in [3.05, 3.63) is 35.9 Å². The third-order valence-electron chi connectivity index (χ3n) is 5.19. The normalized spacial score (nSPS) is 21.5. The van der Waals surface area contributed by atoms with E-state index in [2.05, 4.69) is 40.5 Å². The molecule has 1 aromatic rings. The molecule has 4 nitrogen and oxygen atoms in total. The molecule has 2 aliphatic rings. The smallest absolute Gasteiger partial charge is 0.223 e. The molecule has 0 bridgehead atoms. The lowest BCUT2D eigenvalue weighted by Gasteiger charge is -2.29. The van der Waals surface area contributed by atoms with Crippen molar-refractivity contribution in [3.63, 3.8) is 0 Å². The van der Waals surface area contributed by atoms with E-state index in [0.717, 1.165) is 45.7 Å². The lowest BCUT2D eigenvalue weighted by molar-refractivity contribution is -0.132. The average molecular weight is 352 g/mol. The molecule has 3 rings (SSSR count). The number of benzene rings is 1. The topological polar surface area (TPSA) is 35.6 Å². The van der Waals surface area contributed by atoms with E-state index in [0.29, 0.717) is 18.4 Å². The van der Waals surface area contributed by atoms with E-state index < -0.39 is 0 Å². The van der Waals surface area contributed by atoms with E-state index in [-0.39, 0.29) is 12.4 Å². The van der Waals surface area contributed by atoms with Crippen LogP contribution in [0.2, 0.25) is 0 Å². The molecule has 0 spiro atoms. The van der Waals surface area contributed by atoms with E-state index in [1.807, 2.05) is 4.90 Å². The molecule has 0 aliphatic carbocycles. The van der Waals surface area contributed by atoms with Gasteiger partial charge in [0.15, 0.2) is 0 Å². The zero-order valence-corrected chi connectivity index (χ0v) is 15.3. The number of likely N-dealkylation sites (tertiary alicyclic amines) is 1. The van der Waals surface area contributed by atoms with Crippen LogP contribution in [-0.2, 0) is 11.2 Å². The molecular weight excluding hydrogens is 322 g/mol. The molecule has 2 saturated heterocycles. The Morgan fingerprint density at radius 3 is 2.62 bits per heavy atom. The lowest BCUT2D eigenvalue weighted by Crippen LogP contribution is -2.47. The quantitative estimate of drug-likeness (QED) is 0.854. The maximum atomic E-state index is 12.3. The van der Waals surface area contributed by atoms with Crippen LogP contribution in [-0.4, -0.2) is 61.0 Å². The van der Waals surface area contributed by atoms with E-state index >= 15 is 0 Å². The van der Waals surface area contributed by atoms with Gasteiger partial charge in [-0.25, -0.2) is 0 Å². The average Bonchev–Trinajstić information content (AvgIpc) is 3.07. The first-order valence-corrected chi connectivity index (χ1v) is 9.09. The molecule has 1 aromatic carbocycles. The highest BCUT2D eigenvalue weighted by molar-refractivity contribution is 5.85. The van der Waals surface area contributed by atoms with Gasteiger partial charge in [-0.05, 0) is 37.8 Å². The van der Waals surface area contributed by atoms with E-state index in [1.54, 1.807) is 0 Å². The number of hydrogen-bond donors (Lipinski definition) is 1. The zero-order valence-electron chi connectivity index (χ0n) is 14.5. The van der Waals surface area contributed by atoms with Gasteiger partial charge in [0.1, 0.15) is 0 Å². The largest absolute Gasteiger partial charge is 0.340 e. The minimum Gasteiger partial charge on any atom is -0.340 e. The molecule has 0 saturated carbocycles. The fourth-order valence-corrected chi connectivity index (χ4v) is 3.81. The van der Waals surface area contributed by atoms with Gasteiger partial charge in [0.05, 0.1) is 0 Å². The molecule has 2 heterocycles. The van der Waals surface area contributed by atoms with Crippen molar-refractivity contribution in [1.82, 2.24) is 15.1 Å². The van der Waals surface area contributed by atoms with E-state index in [4.69, 9.17) is 0 Å². The molecule has 134 valence electrons. The third-order valence-corrected chi connectivity index (χ3v) is 5.19. The molecule has 1 amide bonds. The van der Waals surface area contributed by atoms with E-state index in [9.17, 15) is 4.79 Å². The molecular formula is C19H30ClN3O. The Morgan fingerprint density at radius 2 is 1.88 bits per heavy atom. The Bertz CT molecular complexity index is 491. The number of amides is 1. The van der Waals surface area contributed by atoms with Crippen LogP contribution >= 0.6 is 12.4 Å². The second kappa shape index (κ2) is 10.0. The van der Waals surface area contributed by atoms with Gasteiger partial charge in [0.25, 0.3) is 0 Å². The van der Waals surface area contributed by atoms with Gasteiger partial charge in [0.2, 0.25) is 5.91 Å². The van der Waals surface area contributed by atoms with Gasteiger partial charge in [-0.15, -0.1) is 12.4 Å². The number of piperazine rings is 1. The first-order valence-electron chi connectivity index (χ1n) is 9.09. The first-order chi connectivity index (χ1) is 11.3. The fourth-order valence-electron chi connectivity index (χ4n) is 3.81. The van der Waals surface area contributed by atoms with Crippen LogP contribution in [0.3, 0.4) is 0 Å². The minimum absolute atomic E-state index is 0. The Balaban J connectivity index is 0.00000208. The summed E-state index contributed by atoms with van der Waals surface area (Å²) in [5, 5.41) is 3.30. The lowest BCUT2D eigenvalue weighted by atomic mass is 10.0. The summed E-state index contributed by atoms with van der Waals surface area (Å²) in [7, 11) is 0. The molecule has 1 unspecified atom stereocenters. The number of rotatable bonds is 6. The molecule has 5 heteroatoms. The van der Waals surface area contributed by atoms with Crippen molar-refractivity contribution in [3.8, 4) is 0 Å². The van der Waals surface area contributed by atoms with Crippen LogP contribution in [0.15, 0.2) is 30.3 Å². The SMILES string of the molecule is Cl.O=C(CCN1CCCC1CCc1ccccc1)N1CCNCC1. The second-order valence-electron chi connectivity index (χ2n) is 6.74. The van der Waals surface area contributed by atoms with E-state index in [1.165, 1.54) is 24.8 Å². The van der Waals surface area contributed by atoms with Gasteiger partial charge in [-0.3, -0.25) is 9.69 Å². The Kier molecular flexibility index (Phi) is 8.03. The van der Waals surface area contributed by atoms with Gasteiger partial charge < -0.3 is 10.2 Å². The standard InChI is InChI=1S/C19H29N3O.ClH/c23-19(22-15-11-20-12-16-22)10-14-21-13-4-7-18(21)9-8-17-5-2-1-3-6-17;/h1-3,5-6,18,20H,4,7-16H2;1H. The molecule has 2 aliphatic heterocycles. The van der Waals surface area contributed by atoms with Crippen molar-refractivity contribution in [2.45, 2.75) is 38.1 Å². The predicted octanol–water partition coefficient (Wildman–Crippen LogP) is 2.33. The monoisotopic (exact) mass is 351 g/mol. The maximum absolute atomic E-state index is 12.3. The molecule has 1 N–H and O–H groups in total. The summed E-state index contributed by atoms with van der Waals surface area (Å²) in [5.41, 5.74) is 1.43. The highest BCUT2D eigenvalue weighted by Gasteiger charge is 2.25. The summed E-state index contributed by atoms with van der Waals surface area (Å²) in [4.78, 5) is 16.9. The van der Waals surface area contributed by atoms with Gasteiger partial charge in [-0.2, -0.15) is 0 Å². The summed E-state index contributed by atoms with van der Waals surface area (Å²) < 4.78 is 0. The number of nitrogens with zero attached hydrogens (tertiary/aromatic N) is 2. The molecule has 0 radical (unpaired) electrons. The summed E-state index contributed by atoms with van der Waals surface area (Å²) in [6.45, 7) is 5.72. The van der Waals surface area contributed by atoms with Crippen molar-refractivity contribution >= 4 is 18.3 Å². The minimum atomic E-state index is 0. The second-order valence-corrected chi connectivity index (χ2v) is 6.74. The first kappa shape index (κ1) is 19.2. The van der Waals surface area contributed by atoms with Crippen LogP contribution in [0.25, 0.3) is 0 Å². The molecule has 2 fully saturated rings. The number of carbonyl (C=O) groups excluding carboxylic acids is 1. The molecule has 0 aromatic heterocycles. The van der Waals surface area contributed by atoms with Gasteiger partial charge in [0, 0.05) is 45.2 Å². The Hall–Kier alpha value is -1.10. The predicted molar refractivity (Wildman–Crippen MR) is 101 cm³/mol. The van der Waals surface area contributed by atoms with Crippen LogP contribution < -0.4 is 5.32 Å². The van der Waals surface area contributed by atoms with Crippen LogP contribution in [0, 0.1) is 0 Å². The number of nitrogens with one attached hydrogen (secondary N) is 1. The maximum Gasteiger partial charge on any atom is 0.223 e. The Labute approximate surface area is 152 Å². The third kappa shape index (κ3) is 5.47. The summed E-state index contributed by atoms with van der Waals surface area (Å²) in [6.07, 6.45) is 5.61. The molecule has 1 atom stereocenters. The van der Waals surface area contributed by atoms with Crippen molar-refractivity contribution in [2.75, 3.05) is 39.3 Å². The van der Waals surface area contributed by atoms with Crippen molar-refractivity contribution in [2.24, 2.45) is 0 Å². The number of hydrogen-bond acceptors (Lipinski definition) is 3. The highest BCUT2D eigenvalue weighted by Crippen LogP contribution is 2.22. The van der Waals surface area contributed by atoms with Crippen LogP contribution in [0.1, 0.15) is 31.2 Å². The summed E-state index contributed by atoms with van der Waals surface area (Å²) in [6, 6.07) is 11.4. The van der Waals surface area contributed by atoms with Crippen molar-refractivity contribution < 1.29 is 4.79 Å². The number of carbonyl (C=O) groups is 1. The zero-order chi connectivity index (χ0) is 15.9.